The first-order valence-electron chi connectivity index (χ1n) is 8.43. The van der Waals surface area contributed by atoms with E-state index in [-0.39, 0.29) is 11.8 Å². The number of thiazole rings is 1. The molecule has 1 saturated heterocycles. The first-order chi connectivity index (χ1) is 12.3. The quantitative estimate of drug-likeness (QED) is 0.781. The van der Waals surface area contributed by atoms with Crippen LogP contribution < -0.4 is 10.2 Å². The van der Waals surface area contributed by atoms with Crippen LogP contribution in [-0.4, -0.2) is 33.9 Å². The fraction of sp³-hybridized carbons (Fsp3) is 0.333. The number of aromatic nitrogens is 3. The number of nitrogens with zero attached hydrogens (tertiary/aromatic N) is 4. The fourth-order valence-electron chi connectivity index (χ4n) is 3.09. The Kier molecular flexibility index (Phi) is 4.56. The van der Waals surface area contributed by atoms with Gasteiger partial charge in [-0.3, -0.25) is 9.78 Å². The van der Waals surface area contributed by atoms with Crippen LogP contribution in [-0.2, 0) is 11.3 Å². The predicted molar refractivity (Wildman–Crippen MR) is 98.4 cm³/mol. The van der Waals surface area contributed by atoms with E-state index in [0.29, 0.717) is 13.1 Å². The fourth-order valence-corrected chi connectivity index (χ4v) is 4.04. The molecule has 1 N–H and O–H groups in total. The number of hydrogen-bond donors (Lipinski definition) is 1. The van der Waals surface area contributed by atoms with Crippen molar-refractivity contribution in [3.8, 4) is 0 Å². The van der Waals surface area contributed by atoms with E-state index in [1.54, 1.807) is 29.9 Å². The van der Waals surface area contributed by atoms with Gasteiger partial charge in [-0.25, -0.2) is 9.97 Å². The van der Waals surface area contributed by atoms with Gasteiger partial charge in [0.05, 0.1) is 5.92 Å². The molecule has 0 aliphatic carbocycles. The molecule has 4 heterocycles. The van der Waals surface area contributed by atoms with Gasteiger partial charge >= 0.3 is 0 Å². The summed E-state index contributed by atoms with van der Waals surface area (Å²) in [6.07, 6.45) is 7.21. The molecule has 3 aromatic heterocycles. The summed E-state index contributed by atoms with van der Waals surface area (Å²) in [4.78, 5) is 28.8. The van der Waals surface area contributed by atoms with Gasteiger partial charge in [-0.05, 0) is 36.6 Å². The van der Waals surface area contributed by atoms with Crippen LogP contribution in [0.15, 0.2) is 42.9 Å². The Morgan fingerprint density at radius 2 is 2.24 bits per heavy atom. The second kappa shape index (κ2) is 7.14. The summed E-state index contributed by atoms with van der Waals surface area (Å²) in [6, 6.07) is 7.72. The molecule has 0 aromatic carbocycles. The predicted octanol–water partition coefficient (Wildman–Crippen LogP) is 2.62. The van der Waals surface area contributed by atoms with Crippen molar-refractivity contribution < 1.29 is 4.79 Å². The van der Waals surface area contributed by atoms with Crippen molar-refractivity contribution in [1.29, 1.82) is 0 Å². The van der Waals surface area contributed by atoms with Crippen LogP contribution in [0.5, 0.6) is 0 Å². The third-order valence-electron chi connectivity index (χ3n) is 4.41. The lowest BCUT2D eigenvalue weighted by Crippen LogP contribution is -2.42. The molecule has 1 atom stereocenters. The van der Waals surface area contributed by atoms with E-state index in [1.165, 1.54) is 0 Å². The summed E-state index contributed by atoms with van der Waals surface area (Å²) in [7, 11) is 0. The monoisotopic (exact) mass is 353 g/mol. The molecule has 0 radical (unpaired) electrons. The normalized spacial score (nSPS) is 17.6. The van der Waals surface area contributed by atoms with Crippen molar-refractivity contribution >= 4 is 32.7 Å². The molecule has 0 saturated carbocycles. The molecule has 1 aliphatic rings. The zero-order chi connectivity index (χ0) is 17.1. The van der Waals surface area contributed by atoms with Crippen molar-refractivity contribution in [3.63, 3.8) is 0 Å². The van der Waals surface area contributed by atoms with E-state index in [4.69, 9.17) is 0 Å². The number of hydrogen-bond acceptors (Lipinski definition) is 6. The van der Waals surface area contributed by atoms with Gasteiger partial charge < -0.3 is 10.2 Å². The average molecular weight is 353 g/mol. The number of pyridine rings is 2. The van der Waals surface area contributed by atoms with E-state index < -0.39 is 0 Å². The van der Waals surface area contributed by atoms with Gasteiger partial charge in [0.15, 0.2) is 5.13 Å². The minimum Gasteiger partial charge on any atom is -0.352 e. The summed E-state index contributed by atoms with van der Waals surface area (Å²) >= 11 is 1.59. The number of amides is 1. The van der Waals surface area contributed by atoms with Crippen molar-refractivity contribution in [3.05, 3.63) is 48.4 Å². The van der Waals surface area contributed by atoms with Crippen LogP contribution in [0.3, 0.4) is 0 Å². The van der Waals surface area contributed by atoms with Crippen LogP contribution >= 0.6 is 11.3 Å². The number of carbonyl (C=O) groups excluding carboxylic acids is 1. The molecule has 0 unspecified atom stereocenters. The molecule has 6 nitrogen and oxygen atoms in total. The molecule has 1 amide bonds. The highest BCUT2D eigenvalue weighted by Crippen LogP contribution is 2.30. The van der Waals surface area contributed by atoms with Gasteiger partial charge in [0, 0.05) is 38.2 Å². The minimum atomic E-state index is -0.00890. The Labute approximate surface area is 149 Å². The van der Waals surface area contributed by atoms with E-state index in [0.717, 1.165) is 40.4 Å². The third kappa shape index (κ3) is 3.61. The van der Waals surface area contributed by atoms with Crippen LogP contribution in [0, 0.1) is 5.92 Å². The van der Waals surface area contributed by atoms with E-state index in [2.05, 4.69) is 25.2 Å². The number of carbonyl (C=O) groups is 1. The molecule has 0 bridgehead atoms. The molecule has 1 aliphatic heterocycles. The van der Waals surface area contributed by atoms with Crippen LogP contribution in [0.25, 0.3) is 10.3 Å². The molecule has 7 heteroatoms. The highest BCUT2D eigenvalue weighted by Gasteiger charge is 2.27. The maximum absolute atomic E-state index is 12.5. The summed E-state index contributed by atoms with van der Waals surface area (Å²) in [5.41, 5.74) is 1.94. The van der Waals surface area contributed by atoms with E-state index in [9.17, 15) is 4.79 Å². The summed E-state index contributed by atoms with van der Waals surface area (Å²) in [5, 5.41) is 3.99. The molecular weight excluding hydrogens is 334 g/mol. The van der Waals surface area contributed by atoms with Gasteiger partial charge in [-0.2, -0.15) is 0 Å². The molecule has 128 valence electrons. The van der Waals surface area contributed by atoms with Gasteiger partial charge in [-0.15, -0.1) is 0 Å². The lowest BCUT2D eigenvalue weighted by Gasteiger charge is -2.31. The number of fused-ring (bicyclic) bond motifs is 1. The smallest absolute Gasteiger partial charge is 0.225 e. The molecule has 3 aromatic rings. The number of rotatable bonds is 4. The number of piperidine rings is 1. The largest absolute Gasteiger partial charge is 0.352 e. The van der Waals surface area contributed by atoms with Crippen LogP contribution in [0.1, 0.15) is 18.4 Å². The molecule has 25 heavy (non-hydrogen) atoms. The Morgan fingerprint density at radius 3 is 3.08 bits per heavy atom. The Bertz CT molecular complexity index is 833. The SMILES string of the molecule is O=C(NCc1cccnc1)[C@@H]1CCCN(c2nc3cccnc3s2)C1. The van der Waals surface area contributed by atoms with Crippen molar-refractivity contribution in [2.45, 2.75) is 19.4 Å². The standard InChI is InChI=1S/C18H19N5OS/c24-16(21-11-13-4-1-7-19-10-13)14-5-3-9-23(12-14)18-22-15-6-2-8-20-17(15)25-18/h1-2,4,6-8,10,14H,3,5,9,11-12H2,(H,21,24)/t14-/m1/s1. The highest BCUT2D eigenvalue weighted by atomic mass is 32.1. The van der Waals surface area contributed by atoms with Gasteiger partial charge in [0.2, 0.25) is 5.91 Å². The van der Waals surface area contributed by atoms with Gasteiger partial charge in [0.1, 0.15) is 10.3 Å². The second-order valence-corrected chi connectivity index (χ2v) is 7.14. The number of nitrogens with one attached hydrogen (secondary N) is 1. The summed E-state index contributed by atoms with van der Waals surface area (Å²) in [5.74, 6) is 0.0955. The first kappa shape index (κ1) is 16.0. The summed E-state index contributed by atoms with van der Waals surface area (Å²) < 4.78 is 0. The van der Waals surface area contributed by atoms with Crippen LogP contribution in [0.2, 0.25) is 0 Å². The minimum absolute atomic E-state index is 0.00890. The van der Waals surface area contributed by atoms with Crippen LogP contribution in [0.4, 0.5) is 5.13 Å². The van der Waals surface area contributed by atoms with Crippen molar-refractivity contribution in [2.75, 3.05) is 18.0 Å². The number of anilines is 1. The van der Waals surface area contributed by atoms with E-state index in [1.807, 2.05) is 24.3 Å². The zero-order valence-corrected chi connectivity index (χ0v) is 14.6. The first-order valence-corrected chi connectivity index (χ1v) is 9.24. The second-order valence-electron chi connectivity index (χ2n) is 6.19. The molecular formula is C18H19N5OS. The molecule has 0 spiro atoms. The third-order valence-corrected chi connectivity index (χ3v) is 5.45. The Morgan fingerprint density at radius 1 is 1.32 bits per heavy atom. The Hall–Kier alpha value is -2.54. The molecule has 4 rings (SSSR count). The maximum atomic E-state index is 12.5. The lowest BCUT2D eigenvalue weighted by atomic mass is 9.97. The molecule has 1 fully saturated rings. The maximum Gasteiger partial charge on any atom is 0.225 e. The lowest BCUT2D eigenvalue weighted by molar-refractivity contribution is -0.125. The van der Waals surface area contributed by atoms with Crippen molar-refractivity contribution in [2.24, 2.45) is 5.92 Å². The van der Waals surface area contributed by atoms with E-state index >= 15 is 0 Å². The van der Waals surface area contributed by atoms with Gasteiger partial charge in [0.25, 0.3) is 0 Å². The zero-order valence-electron chi connectivity index (χ0n) is 13.8. The van der Waals surface area contributed by atoms with Gasteiger partial charge in [-0.1, -0.05) is 17.4 Å². The topological polar surface area (TPSA) is 71.0 Å². The summed E-state index contributed by atoms with van der Waals surface area (Å²) in [6.45, 7) is 2.17. The van der Waals surface area contributed by atoms with Crippen molar-refractivity contribution in [1.82, 2.24) is 20.3 Å². The average Bonchev–Trinajstić information content (AvgIpc) is 3.11. The highest BCUT2D eigenvalue weighted by molar-refractivity contribution is 7.21. The Balaban J connectivity index is 1.41.